The lowest BCUT2D eigenvalue weighted by molar-refractivity contribution is 0.332. The number of benzene rings is 7. The van der Waals surface area contributed by atoms with Crippen LogP contribution in [0.1, 0.15) is 109 Å². The van der Waals surface area contributed by atoms with E-state index >= 15 is 0 Å². The van der Waals surface area contributed by atoms with Crippen LogP contribution in [0, 0.1) is 6.92 Å². The van der Waals surface area contributed by atoms with Crippen LogP contribution in [0.15, 0.2) is 138 Å². The molecule has 63 heavy (non-hydrogen) atoms. The van der Waals surface area contributed by atoms with E-state index < -0.39 is 0 Å². The molecule has 0 atom stereocenters. The van der Waals surface area contributed by atoms with Gasteiger partial charge in [0.05, 0.1) is 11.1 Å². The van der Waals surface area contributed by atoms with Gasteiger partial charge in [-0.2, -0.15) is 0 Å². The molecule has 3 nitrogen and oxygen atoms in total. The van der Waals surface area contributed by atoms with Gasteiger partial charge in [-0.05, 0) is 164 Å². The van der Waals surface area contributed by atoms with Gasteiger partial charge in [-0.3, -0.25) is 0 Å². The zero-order chi connectivity index (χ0) is 43.4. The first-order chi connectivity index (χ1) is 30.1. The summed E-state index contributed by atoms with van der Waals surface area (Å²) in [6.07, 6.45) is 4.72. The molecule has 7 aromatic carbocycles. The average Bonchev–Trinajstić information content (AvgIpc) is 3.66. The Morgan fingerprint density at radius 1 is 0.444 bits per heavy atom. The zero-order valence-electron chi connectivity index (χ0n) is 38.4. The molecular weight excluding hydrogens is 763 g/mol. The Morgan fingerprint density at radius 2 is 1.05 bits per heavy atom. The molecule has 0 bridgehead atoms. The highest BCUT2D eigenvalue weighted by Gasteiger charge is 2.47. The second-order valence-corrected chi connectivity index (χ2v) is 21.9. The third kappa shape index (κ3) is 5.59. The fourth-order valence-electron chi connectivity index (χ4n) is 12.2. The van der Waals surface area contributed by atoms with Crippen LogP contribution >= 0.6 is 0 Å². The first-order valence-corrected chi connectivity index (χ1v) is 23.3. The molecule has 4 heteroatoms. The Morgan fingerprint density at radius 3 is 1.78 bits per heavy atom. The van der Waals surface area contributed by atoms with E-state index in [1.807, 2.05) is 0 Å². The number of para-hydroxylation sites is 1. The summed E-state index contributed by atoms with van der Waals surface area (Å²) < 4.78 is 6.61. The molecule has 3 heterocycles. The standard InChI is InChI=1S/C59H57BN2O/c1-36-30-50-55-51(31-36)62(47-19-15-21-53-54(47)40-18-13-14-20-52(40)63-53)48-32-38(37-16-11-10-12-17-37)22-25-45(48)60(55)46-34-43-44(59(8,9)29-28-58(43,6)7)35-49(46)61(50)39-23-24-41-42(33-39)57(4,5)27-26-56(41,2)3/h10-25,30-35H,26-29H2,1-9H3. The van der Waals surface area contributed by atoms with Crippen molar-refractivity contribution in [1.29, 1.82) is 0 Å². The number of hydrogen-bond acceptors (Lipinski definition) is 3. The van der Waals surface area contributed by atoms with Gasteiger partial charge in [-0.25, -0.2) is 0 Å². The van der Waals surface area contributed by atoms with Gasteiger partial charge in [0.1, 0.15) is 11.2 Å². The van der Waals surface area contributed by atoms with E-state index in [4.69, 9.17) is 4.42 Å². The maximum atomic E-state index is 6.61. The zero-order valence-corrected chi connectivity index (χ0v) is 38.4. The monoisotopic (exact) mass is 820 g/mol. The molecule has 0 amide bonds. The number of furan rings is 1. The highest BCUT2D eigenvalue weighted by molar-refractivity contribution is 7.00. The Balaban J connectivity index is 1.21. The molecule has 2 aliphatic carbocycles. The van der Waals surface area contributed by atoms with Crippen molar-refractivity contribution in [3.63, 3.8) is 0 Å². The lowest BCUT2D eigenvalue weighted by atomic mass is 9.33. The molecule has 2 aliphatic heterocycles. The largest absolute Gasteiger partial charge is 0.456 e. The van der Waals surface area contributed by atoms with Crippen molar-refractivity contribution < 1.29 is 4.42 Å². The average molecular weight is 821 g/mol. The molecule has 0 N–H and O–H groups in total. The predicted octanol–water partition coefficient (Wildman–Crippen LogP) is 14.3. The minimum absolute atomic E-state index is 0.0253. The number of aryl methyl sites for hydroxylation is 1. The fourth-order valence-corrected chi connectivity index (χ4v) is 12.2. The minimum atomic E-state index is 0.0253. The third-order valence-corrected chi connectivity index (χ3v) is 16.0. The summed E-state index contributed by atoms with van der Waals surface area (Å²) in [4.78, 5) is 5.25. The highest BCUT2D eigenvalue weighted by atomic mass is 16.3. The van der Waals surface area contributed by atoms with Gasteiger partial charge in [0, 0.05) is 33.8 Å². The first-order valence-electron chi connectivity index (χ1n) is 23.3. The summed E-state index contributed by atoms with van der Waals surface area (Å²) in [7, 11) is 0. The molecule has 0 fully saturated rings. The van der Waals surface area contributed by atoms with Crippen molar-refractivity contribution in [2.24, 2.45) is 0 Å². The molecule has 8 aromatic rings. The Bertz CT molecular complexity index is 3220. The first kappa shape index (κ1) is 38.7. The summed E-state index contributed by atoms with van der Waals surface area (Å²) in [6.45, 7) is 22.0. The molecule has 0 saturated carbocycles. The number of anilines is 6. The van der Waals surface area contributed by atoms with Gasteiger partial charge in [0.2, 0.25) is 0 Å². The van der Waals surface area contributed by atoms with Crippen LogP contribution in [-0.4, -0.2) is 6.71 Å². The Kier molecular flexibility index (Phi) is 8.00. The maximum Gasteiger partial charge on any atom is 0.252 e. The number of nitrogens with zero attached hydrogens (tertiary/aromatic N) is 2. The maximum absolute atomic E-state index is 6.61. The summed E-state index contributed by atoms with van der Waals surface area (Å²) in [6, 6.07) is 51.0. The van der Waals surface area contributed by atoms with Crippen LogP contribution in [0.4, 0.5) is 34.1 Å². The Labute approximate surface area is 373 Å². The third-order valence-electron chi connectivity index (χ3n) is 16.0. The van der Waals surface area contributed by atoms with Crippen LogP contribution in [0.3, 0.4) is 0 Å². The van der Waals surface area contributed by atoms with Crippen molar-refractivity contribution >= 4 is 79.2 Å². The summed E-state index contributed by atoms with van der Waals surface area (Å²) in [5, 5.41) is 2.28. The SMILES string of the molecule is Cc1cc2c3c(c1)N(c1cccc4oc5ccccc5c14)c1cc(-c4ccccc4)ccc1B3c1cc3c(cc1N2c1ccc2c(c1)C(C)(C)CCC2(C)C)C(C)(C)CCC3(C)C. The van der Waals surface area contributed by atoms with E-state index in [-0.39, 0.29) is 28.4 Å². The van der Waals surface area contributed by atoms with E-state index in [1.165, 1.54) is 109 Å². The molecular formula is C59H57BN2O. The number of hydrogen-bond donors (Lipinski definition) is 0. The lowest BCUT2D eigenvalue weighted by Gasteiger charge is -2.48. The van der Waals surface area contributed by atoms with Crippen molar-refractivity contribution in [1.82, 2.24) is 0 Å². The van der Waals surface area contributed by atoms with E-state index in [0.29, 0.717) is 0 Å². The van der Waals surface area contributed by atoms with Gasteiger partial charge >= 0.3 is 0 Å². The molecule has 1 aromatic heterocycles. The normalized spacial score (nSPS) is 18.4. The summed E-state index contributed by atoms with van der Waals surface area (Å²) in [5.41, 5.74) is 23.3. The van der Waals surface area contributed by atoms with Gasteiger partial charge in [0.25, 0.3) is 6.71 Å². The van der Waals surface area contributed by atoms with Crippen LogP contribution in [0.25, 0.3) is 33.1 Å². The van der Waals surface area contributed by atoms with Gasteiger partial charge in [-0.1, -0.05) is 134 Å². The lowest BCUT2D eigenvalue weighted by Crippen LogP contribution is -2.62. The predicted molar refractivity (Wildman–Crippen MR) is 268 cm³/mol. The molecule has 12 rings (SSSR count). The smallest absolute Gasteiger partial charge is 0.252 e. The molecule has 0 radical (unpaired) electrons. The molecule has 4 aliphatic rings. The second-order valence-electron chi connectivity index (χ2n) is 21.9. The number of rotatable bonds is 3. The van der Waals surface area contributed by atoms with Gasteiger partial charge < -0.3 is 14.2 Å². The van der Waals surface area contributed by atoms with Crippen molar-refractivity contribution in [2.75, 3.05) is 9.80 Å². The summed E-state index contributed by atoms with van der Waals surface area (Å²) >= 11 is 0. The second kappa shape index (κ2) is 13.0. The molecule has 0 spiro atoms. The highest BCUT2D eigenvalue weighted by Crippen LogP contribution is 2.53. The van der Waals surface area contributed by atoms with Crippen molar-refractivity contribution in [3.05, 3.63) is 161 Å². The fraction of sp³-hybridized carbons (Fsp3) is 0.288. The van der Waals surface area contributed by atoms with E-state index in [0.717, 1.165) is 27.6 Å². The van der Waals surface area contributed by atoms with Crippen molar-refractivity contribution in [2.45, 2.75) is 110 Å². The van der Waals surface area contributed by atoms with Gasteiger partial charge in [0.15, 0.2) is 0 Å². The molecule has 0 unspecified atom stereocenters. The quantitative estimate of drug-likeness (QED) is 0.166. The van der Waals surface area contributed by atoms with Crippen LogP contribution < -0.4 is 26.2 Å². The topological polar surface area (TPSA) is 19.6 Å². The molecule has 312 valence electrons. The van der Waals surface area contributed by atoms with Crippen molar-refractivity contribution in [3.8, 4) is 11.1 Å². The Hall–Kier alpha value is -6.00. The van der Waals surface area contributed by atoms with Gasteiger partial charge in [-0.15, -0.1) is 0 Å². The molecule has 0 saturated heterocycles. The van der Waals surface area contributed by atoms with E-state index in [1.54, 1.807) is 0 Å². The van der Waals surface area contributed by atoms with Crippen LogP contribution in [0.2, 0.25) is 0 Å². The summed E-state index contributed by atoms with van der Waals surface area (Å²) in [5.74, 6) is 0. The number of fused-ring (bicyclic) bond motifs is 9. The minimum Gasteiger partial charge on any atom is -0.456 e. The van der Waals surface area contributed by atoms with Crippen LogP contribution in [0.5, 0.6) is 0 Å². The van der Waals surface area contributed by atoms with Crippen LogP contribution in [-0.2, 0) is 21.7 Å². The van der Waals surface area contributed by atoms with E-state index in [2.05, 4.69) is 206 Å². The van der Waals surface area contributed by atoms with E-state index in [9.17, 15) is 0 Å².